The van der Waals surface area contributed by atoms with Gasteiger partial charge in [-0.25, -0.2) is 0 Å². The van der Waals surface area contributed by atoms with Crippen LogP contribution in [-0.2, 0) is 4.79 Å². The maximum absolute atomic E-state index is 11.3. The van der Waals surface area contributed by atoms with Crippen LogP contribution in [0.3, 0.4) is 0 Å². The third kappa shape index (κ3) is 5.91. The molecule has 0 aromatic carbocycles. The number of hydrogen-bond acceptors (Lipinski definition) is 3. The summed E-state index contributed by atoms with van der Waals surface area (Å²) >= 11 is 0. The van der Waals surface area contributed by atoms with E-state index in [1.165, 1.54) is 19.3 Å². The first-order valence-electron chi connectivity index (χ1n) is 7.61. The van der Waals surface area contributed by atoms with Crippen molar-refractivity contribution in [2.45, 2.75) is 59.0 Å². The normalized spacial score (nSPS) is 23.6. The predicted molar refractivity (Wildman–Crippen MR) is 78.3 cm³/mol. The van der Waals surface area contributed by atoms with E-state index >= 15 is 0 Å². The van der Waals surface area contributed by atoms with Crippen molar-refractivity contribution in [2.75, 3.05) is 19.6 Å². The van der Waals surface area contributed by atoms with Crippen molar-refractivity contribution in [2.24, 2.45) is 11.8 Å². The lowest BCUT2D eigenvalue weighted by Crippen LogP contribution is -2.48. The van der Waals surface area contributed by atoms with Gasteiger partial charge in [0.1, 0.15) is 6.04 Å². The van der Waals surface area contributed by atoms with Gasteiger partial charge in [0.15, 0.2) is 0 Å². The van der Waals surface area contributed by atoms with Crippen LogP contribution in [0.2, 0.25) is 0 Å². The van der Waals surface area contributed by atoms with E-state index in [0.717, 1.165) is 24.9 Å². The van der Waals surface area contributed by atoms with E-state index in [-0.39, 0.29) is 6.04 Å². The SMILES string of the molecule is CC(C)NC(CN1CCCC(C(C)C)CC1)C(=O)O. The minimum absolute atomic E-state index is 0.205. The molecule has 0 aromatic heterocycles. The summed E-state index contributed by atoms with van der Waals surface area (Å²) in [4.78, 5) is 13.6. The van der Waals surface area contributed by atoms with Crippen LogP contribution in [0.5, 0.6) is 0 Å². The van der Waals surface area contributed by atoms with Crippen LogP contribution in [0.4, 0.5) is 0 Å². The zero-order valence-electron chi connectivity index (χ0n) is 12.9. The first kappa shape index (κ1) is 16.4. The van der Waals surface area contributed by atoms with E-state index in [1.807, 2.05) is 13.8 Å². The second kappa shape index (κ2) is 7.85. The van der Waals surface area contributed by atoms with Crippen LogP contribution in [0.15, 0.2) is 0 Å². The van der Waals surface area contributed by atoms with Gasteiger partial charge < -0.3 is 15.3 Å². The average Bonchev–Trinajstić information content (AvgIpc) is 2.53. The molecule has 0 aromatic rings. The van der Waals surface area contributed by atoms with Gasteiger partial charge in [0.2, 0.25) is 0 Å². The smallest absolute Gasteiger partial charge is 0.322 e. The fourth-order valence-corrected chi connectivity index (χ4v) is 2.89. The molecule has 1 aliphatic heterocycles. The molecule has 0 amide bonds. The van der Waals surface area contributed by atoms with Crippen LogP contribution in [-0.4, -0.2) is 47.7 Å². The molecular formula is C15H30N2O2. The molecule has 0 radical (unpaired) electrons. The van der Waals surface area contributed by atoms with Gasteiger partial charge in [-0.1, -0.05) is 27.7 Å². The minimum atomic E-state index is -0.738. The summed E-state index contributed by atoms with van der Waals surface area (Å²) in [5.41, 5.74) is 0. The highest BCUT2D eigenvalue weighted by molar-refractivity contribution is 5.73. The molecule has 4 nitrogen and oxygen atoms in total. The number of carbonyl (C=O) groups is 1. The Morgan fingerprint density at radius 3 is 2.47 bits per heavy atom. The largest absolute Gasteiger partial charge is 0.480 e. The average molecular weight is 270 g/mol. The Labute approximate surface area is 117 Å². The summed E-state index contributed by atoms with van der Waals surface area (Å²) in [6.07, 6.45) is 3.67. The first-order valence-corrected chi connectivity index (χ1v) is 7.61. The van der Waals surface area contributed by atoms with Crippen molar-refractivity contribution in [3.63, 3.8) is 0 Å². The quantitative estimate of drug-likeness (QED) is 0.777. The highest BCUT2D eigenvalue weighted by Crippen LogP contribution is 2.24. The van der Waals surface area contributed by atoms with E-state index in [9.17, 15) is 9.90 Å². The summed E-state index contributed by atoms with van der Waals surface area (Å²) in [7, 11) is 0. The van der Waals surface area contributed by atoms with Crippen molar-refractivity contribution in [1.82, 2.24) is 10.2 Å². The third-order valence-corrected chi connectivity index (χ3v) is 4.08. The van der Waals surface area contributed by atoms with Crippen molar-refractivity contribution < 1.29 is 9.90 Å². The van der Waals surface area contributed by atoms with Crippen LogP contribution in [0, 0.1) is 11.8 Å². The molecule has 0 aliphatic carbocycles. The third-order valence-electron chi connectivity index (χ3n) is 4.08. The Hall–Kier alpha value is -0.610. The van der Waals surface area contributed by atoms with Gasteiger partial charge in [-0.05, 0) is 44.2 Å². The number of nitrogens with one attached hydrogen (secondary N) is 1. The molecule has 112 valence electrons. The molecule has 0 spiro atoms. The number of aliphatic carboxylic acids is 1. The summed E-state index contributed by atoms with van der Waals surface area (Å²) < 4.78 is 0. The van der Waals surface area contributed by atoms with Gasteiger partial charge in [-0.3, -0.25) is 4.79 Å². The summed E-state index contributed by atoms with van der Waals surface area (Å²) in [6.45, 7) is 11.3. The van der Waals surface area contributed by atoms with Crippen LogP contribution in [0.1, 0.15) is 47.0 Å². The van der Waals surface area contributed by atoms with Gasteiger partial charge in [0.05, 0.1) is 0 Å². The lowest BCUT2D eigenvalue weighted by Gasteiger charge is -2.26. The zero-order chi connectivity index (χ0) is 14.4. The molecule has 2 N–H and O–H groups in total. The maximum Gasteiger partial charge on any atom is 0.322 e. The molecule has 2 unspecified atom stereocenters. The Bertz CT molecular complexity index is 279. The molecule has 1 saturated heterocycles. The highest BCUT2D eigenvalue weighted by atomic mass is 16.4. The second-order valence-corrected chi connectivity index (χ2v) is 6.45. The molecule has 0 bridgehead atoms. The summed E-state index contributed by atoms with van der Waals surface area (Å²) in [6, 6.07) is -0.243. The number of carboxylic acids is 1. The summed E-state index contributed by atoms with van der Waals surface area (Å²) in [5, 5.41) is 12.4. The first-order chi connectivity index (χ1) is 8.90. The predicted octanol–water partition coefficient (Wildman–Crippen LogP) is 2.20. The topological polar surface area (TPSA) is 52.6 Å². The zero-order valence-corrected chi connectivity index (χ0v) is 12.9. The molecule has 1 aliphatic rings. The molecule has 2 atom stereocenters. The Morgan fingerprint density at radius 1 is 1.26 bits per heavy atom. The van der Waals surface area contributed by atoms with E-state index < -0.39 is 12.0 Å². The van der Waals surface area contributed by atoms with Crippen LogP contribution in [0.25, 0.3) is 0 Å². The number of hydrogen-bond donors (Lipinski definition) is 2. The van der Waals surface area contributed by atoms with Crippen molar-refractivity contribution in [3.8, 4) is 0 Å². The van der Waals surface area contributed by atoms with Gasteiger partial charge in [0, 0.05) is 12.6 Å². The van der Waals surface area contributed by atoms with Crippen molar-refractivity contribution >= 4 is 5.97 Å². The van der Waals surface area contributed by atoms with Gasteiger partial charge >= 0.3 is 5.97 Å². The second-order valence-electron chi connectivity index (χ2n) is 6.45. The van der Waals surface area contributed by atoms with Gasteiger partial charge in [-0.2, -0.15) is 0 Å². The lowest BCUT2D eigenvalue weighted by atomic mass is 9.89. The highest BCUT2D eigenvalue weighted by Gasteiger charge is 2.24. The number of likely N-dealkylation sites (tertiary alicyclic amines) is 1. The van der Waals surface area contributed by atoms with Crippen LogP contribution < -0.4 is 5.32 Å². The molecule has 0 saturated carbocycles. The standard InChI is InChI=1S/C15H30N2O2/c1-11(2)13-6-5-8-17(9-7-13)10-14(15(18)19)16-12(3)4/h11-14,16H,5-10H2,1-4H3,(H,18,19). The van der Waals surface area contributed by atoms with E-state index in [1.54, 1.807) is 0 Å². The Morgan fingerprint density at radius 2 is 1.95 bits per heavy atom. The van der Waals surface area contributed by atoms with Crippen molar-refractivity contribution in [3.05, 3.63) is 0 Å². The fourth-order valence-electron chi connectivity index (χ4n) is 2.89. The molecular weight excluding hydrogens is 240 g/mol. The monoisotopic (exact) mass is 270 g/mol. The summed E-state index contributed by atoms with van der Waals surface area (Å²) in [5.74, 6) is 0.800. The van der Waals surface area contributed by atoms with Crippen molar-refractivity contribution in [1.29, 1.82) is 0 Å². The Kier molecular flexibility index (Phi) is 6.80. The van der Waals surface area contributed by atoms with E-state index in [0.29, 0.717) is 6.54 Å². The number of rotatable bonds is 6. The maximum atomic E-state index is 11.3. The Balaban J connectivity index is 2.48. The molecule has 19 heavy (non-hydrogen) atoms. The lowest BCUT2D eigenvalue weighted by molar-refractivity contribution is -0.140. The number of carboxylic acid groups (broad SMARTS) is 1. The van der Waals surface area contributed by atoms with E-state index in [2.05, 4.69) is 24.1 Å². The van der Waals surface area contributed by atoms with Crippen LogP contribution >= 0.6 is 0 Å². The van der Waals surface area contributed by atoms with Gasteiger partial charge in [-0.15, -0.1) is 0 Å². The minimum Gasteiger partial charge on any atom is -0.480 e. The number of nitrogens with zero attached hydrogens (tertiary/aromatic N) is 1. The van der Waals surface area contributed by atoms with Gasteiger partial charge in [0.25, 0.3) is 0 Å². The molecule has 1 rings (SSSR count). The van der Waals surface area contributed by atoms with E-state index in [4.69, 9.17) is 0 Å². The molecule has 1 heterocycles. The molecule has 4 heteroatoms. The molecule has 1 fully saturated rings. The fraction of sp³-hybridized carbons (Fsp3) is 0.933.